The molecule has 2 rings (SSSR count). The van der Waals surface area contributed by atoms with Crippen LogP contribution in [0.3, 0.4) is 0 Å². The van der Waals surface area contributed by atoms with Crippen LogP contribution in [0.2, 0.25) is 0 Å². The largest absolute Gasteiger partial charge is 0.465 e. The van der Waals surface area contributed by atoms with E-state index < -0.39 is 0 Å². The lowest BCUT2D eigenvalue weighted by Gasteiger charge is -2.09. The number of benzene rings is 2. The molecule has 2 N–H and O–H groups in total. The van der Waals surface area contributed by atoms with Crippen LogP contribution in [0.5, 0.6) is 0 Å². The molecular formula is C16H18ClNO2. The van der Waals surface area contributed by atoms with Crippen LogP contribution in [0.4, 0.5) is 0 Å². The molecule has 20 heavy (non-hydrogen) atoms. The van der Waals surface area contributed by atoms with Crippen LogP contribution >= 0.6 is 12.4 Å². The Morgan fingerprint density at radius 2 is 1.75 bits per heavy atom. The molecule has 0 saturated carbocycles. The van der Waals surface area contributed by atoms with Crippen LogP contribution in [0.25, 0.3) is 11.1 Å². The maximum atomic E-state index is 11.4. The van der Waals surface area contributed by atoms with Crippen molar-refractivity contribution in [2.24, 2.45) is 5.73 Å². The highest BCUT2D eigenvalue weighted by atomic mass is 35.5. The number of halogens is 1. The molecule has 0 fully saturated rings. The van der Waals surface area contributed by atoms with Gasteiger partial charge < -0.3 is 10.5 Å². The highest BCUT2D eigenvalue weighted by molar-refractivity contribution is 5.90. The number of hydrogen-bond acceptors (Lipinski definition) is 3. The van der Waals surface area contributed by atoms with E-state index in [1.54, 1.807) is 12.1 Å². The van der Waals surface area contributed by atoms with Crippen LogP contribution in [0, 0.1) is 0 Å². The number of methoxy groups -OCH3 is 1. The first-order valence-corrected chi connectivity index (χ1v) is 6.16. The van der Waals surface area contributed by atoms with Crippen LogP contribution < -0.4 is 5.73 Å². The molecule has 0 radical (unpaired) electrons. The van der Waals surface area contributed by atoms with Crippen LogP contribution in [0.15, 0.2) is 48.5 Å². The molecule has 1 atom stereocenters. The van der Waals surface area contributed by atoms with Crippen molar-refractivity contribution < 1.29 is 9.53 Å². The van der Waals surface area contributed by atoms with Gasteiger partial charge in [-0.05, 0) is 41.8 Å². The van der Waals surface area contributed by atoms with Crippen molar-refractivity contribution in [2.45, 2.75) is 13.0 Å². The number of esters is 1. The Morgan fingerprint density at radius 1 is 1.10 bits per heavy atom. The average Bonchev–Trinajstić information content (AvgIpc) is 2.46. The van der Waals surface area contributed by atoms with E-state index in [1.807, 2.05) is 37.3 Å². The number of hydrogen-bond donors (Lipinski definition) is 1. The van der Waals surface area contributed by atoms with Crippen molar-refractivity contribution in [3.05, 3.63) is 59.7 Å². The first-order valence-electron chi connectivity index (χ1n) is 6.16. The second kappa shape index (κ2) is 7.08. The summed E-state index contributed by atoms with van der Waals surface area (Å²) in [5.41, 5.74) is 9.66. The average molecular weight is 292 g/mol. The van der Waals surface area contributed by atoms with Crippen LogP contribution in [-0.2, 0) is 4.74 Å². The molecule has 0 heterocycles. The van der Waals surface area contributed by atoms with Gasteiger partial charge in [0.1, 0.15) is 0 Å². The van der Waals surface area contributed by atoms with Gasteiger partial charge in [-0.1, -0.05) is 30.3 Å². The fraction of sp³-hybridized carbons (Fsp3) is 0.188. The second-order valence-corrected chi connectivity index (χ2v) is 4.48. The van der Waals surface area contributed by atoms with Gasteiger partial charge in [0.15, 0.2) is 0 Å². The lowest BCUT2D eigenvalue weighted by molar-refractivity contribution is 0.0601. The van der Waals surface area contributed by atoms with Gasteiger partial charge in [0.2, 0.25) is 0 Å². The number of carbonyl (C=O) groups excluding carboxylic acids is 1. The maximum Gasteiger partial charge on any atom is 0.337 e. The molecule has 0 spiro atoms. The lowest BCUT2D eigenvalue weighted by Crippen LogP contribution is -2.04. The minimum absolute atomic E-state index is 0. The zero-order valence-corrected chi connectivity index (χ0v) is 12.3. The third-order valence-electron chi connectivity index (χ3n) is 3.05. The highest BCUT2D eigenvalue weighted by Crippen LogP contribution is 2.23. The Bertz CT molecular complexity index is 579. The van der Waals surface area contributed by atoms with E-state index >= 15 is 0 Å². The molecule has 0 unspecified atom stereocenters. The molecule has 0 aliphatic heterocycles. The predicted molar refractivity (Wildman–Crippen MR) is 83.1 cm³/mol. The van der Waals surface area contributed by atoms with Crippen molar-refractivity contribution in [1.82, 2.24) is 0 Å². The summed E-state index contributed by atoms with van der Waals surface area (Å²) in [4.78, 5) is 11.4. The summed E-state index contributed by atoms with van der Waals surface area (Å²) in [5, 5.41) is 0. The highest BCUT2D eigenvalue weighted by Gasteiger charge is 2.06. The van der Waals surface area contributed by atoms with Gasteiger partial charge in [0.25, 0.3) is 0 Å². The van der Waals surface area contributed by atoms with E-state index in [0.29, 0.717) is 5.56 Å². The van der Waals surface area contributed by atoms with E-state index in [9.17, 15) is 4.79 Å². The third kappa shape index (κ3) is 3.59. The quantitative estimate of drug-likeness (QED) is 0.879. The molecule has 106 valence electrons. The minimum Gasteiger partial charge on any atom is -0.465 e. The normalized spacial score (nSPS) is 11.3. The van der Waals surface area contributed by atoms with Crippen molar-refractivity contribution >= 4 is 18.4 Å². The molecule has 3 nitrogen and oxygen atoms in total. The Balaban J connectivity index is 0.00000200. The van der Waals surface area contributed by atoms with E-state index in [4.69, 9.17) is 5.73 Å². The topological polar surface area (TPSA) is 52.3 Å². The lowest BCUT2D eigenvalue weighted by atomic mass is 9.99. The van der Waals surface area contributed by atoms with E-state index in [2.05, 4.69) is 10.8 Å². The van der Waals surface area contributed by atoms with E-state index in [0.717, 1.165) is 16.7 Å². The number of nitrogens with two attached hydrogens (primary N) is 1. The number of rotatable bonds is 3. The Morgan fingerprint density at radius 3 is 2.30 bits per heavy atom. The number of ether oxygens (including phenoxy) is 1. The summed E-state index contributed by atoms with van der Waals surface area (Å²) in [5.74, 6) is -0.323. The monoisotopic (exact) mass is 291 g/mol. The summed E-state index contributed by atoms with van der Waals surface area (Å²) in [6.07, 6.45) is 0. The standard InChI is InChI=1S/C16H17NO2.ClH/c1-11(17)14-4-3-5-15(10-14)12-6-8-13(9-7-12)16(18)19-2;/h3-11H,17H2,1-2H3;1H/t11-;/m1./s1. The summed E-state index contributed by atoms with van der Waals surface area (Å²) in [7, 11) is 1.38. The molecular weight excluding hydrogens is 274 g/mol. The van der Waals surface area contributed by atoms with Gasteiger partial charge in [-0.25, -0.2) is 4.79 Å². The molecule has 0 aromatic heterocycles. The molecule has 0 saturated heterocycles. The van der Waals surface area contributed by atoms with Gasteiger partial charge in [-0.15, -0.1) is 12.4 Å². The van der Waals surface area contributed by atoms with Gasteiger partial charge in [-0.2, -0.15) is 0 Å². The number of carbonyl (C=O) groups is 1. The molecule has 2 aromatic carbocycles. The molecule has 0 bridgehead atoms. The fourth-order valence-corrected chi connectivity index (χ4v) is 1.92. The van der Waals surface area contributed by atoms with Gasteiger partial charge >= 0.3 is 5.97 Å². The summed E-state index contributed by atoms with van der Waals surface area (Å²) in [6.45, 7) is 1.96. The zero-order valence-electron chi connectivity index (χ0n) is 11.5. The van der Waals surface area contributed by atoms with Gasteiger partial charge in [0.05, 0.1) is 12.7 Å². The molecule has 2 aromatic rings. The van der Waals surface area contributed by atoms with Crippen molar-refractivity contribution in [3.8, 4) is 11.1 Å². The maximum absolute atomic E-state index is 11.4. The fourth-order valence-electron chi connectivity index (χ4n) is 1.92. The smallest absolute Gasteiger partial charge is 0.337 e. The summed E-state index contributed by atoms with van der Waals surface area (Å²) < 4.78 is 4.68. The van der Waals surface area contributed by atoms with Crippen molar-refractivity contribution in [1.29, 1.82) is 0 Å². The van der Waals surface area contributed by atoms with Crippen molar-refractivity contribution in [3.63, 3.8) is 0 Å². The molecule has 4 heteroatoms. The predicted octanol–water partition coefficient (Wildman–Crippen LogP) is 3.58. The zero-order chi connectivity index (χ0) is 13.8. The first kappa shape index (κ1) is 16.2. The first-order chi connectivity index (χ1) is 9.11. The minimum atomic E-state index is -0.323. The second-order valence-electron chi connectivity index (χ2n) is 4.48. The van der Waals surface area contributed by atoms with Crippen LogP contribution in [-0.4, -0.2) is 13.1 Å². The van der Waals surface area contributed by atoms with Crippen molar-refractivity contribution in [2.75, 3.05) is 7.11 Å². The molecule has 0 amide bonds. The summed E-state index contributed by atoms with van der Waals surface area (Å²) >= 11 is 0. The molecule has 0 aliphatic carbocycles. The summed E-state index contributed by atoms with van der Waals surface area (Å²) in [6, 6.07) is 15.4. The van der Waals surface area contributed by atoms with E-state index in [1.165, 1.54) is 7.11 Å². The van der Waals surface area contributed by atoms with E-state index in [-0.39, 0.29) is 24.4 Å². The Kier molecular flexibility index (Phi) is 5.74. The van der Waals surface area contributed by atoms with Gasteiger partial charge in [0, 0.05) is 6.04 Å². The Hall–Kier alpha value is -1.84. The van der Waals surface area contributed by atoms with Gasteiger partial charge in [-0.3, -0.25) is 0 Å². The third-order valence-corrected chi connectivity index (χ3v) is 3.05. The molecule has 0 aliphatic rings. The van der Waals surface area contributed by atoms with Crippen LogP contribution in [0.1, 0.15) is 28.9 Å². The SMILES string of the molecule is COC(=O)c1ccc(-c2cccc([C@@H](C)N)c2)cc1.Cl. The Labute approximate surface area is 125 Å².